The molecule has 0 fully saturated rings. The summed E-state index contributed by atoms with van der Waals surface area (Å²) in [6, 6.07) is 21.4. The first-order chi connectivity index (χ1) is 14.0. The van der Waals surface area contributed by atoms with Crippen LogP contribution in [0.1, 0.15) is 31.8 Å². The van der Waals surface area contributed by atoms with Gasteiger partial charge in [0.15, 0.2) is 0 Å². The van der Waals surface area contributed by atoms with Gasteiger partial charge in [0.25, 0.3) is 5.91 Å². The standard InChI is InChI=1S/C23H21N3O3/c1-29-23(28)20-11-15(14-26-22(27)16-6-3-2-4-7-16)10-19(13-20)17-8-5-9-18(12-17)21(24)25/h2-13H,14H2,1H3,(H3,24,25)(H,26,27). The van der Waals surface area contributed by atoms with Gasteiger partial charge >= 0.3 is 5.97 Å². The predicted molar refractivity (Wildman–Crippen MR) is 112 cm³/mol. The number of benzene rings is 3. The zero-order chi connectivity index (χ0) is 20.8. The maximum Gasteiger partial charge on any atom is 0.337 e. The van der Waals surface area contributed by atoms with Gasteiger partial charge in [-0.2, -0.15) is 0 Å². The second-order valence-electron chi connectivity index (χ2n) is 6.45. The third kappa shape index (κ3) is 4.87. The fourth-order valence-electron chi connectivity index (χ4n) is 2.94. The number of hydrogen-bond donors (Lipinski definition) is 3. The van der Waals surface area contributed by atoms with Gasteiger partial charge in [-0.25, -0.2) is 4.79 Å². The van der Waals surface area contributed by atoms with Crippen LogP contribution in [0, 0.1) is 5.41 Å². The van der Waals surface area contributed by atoms with Crippen LogP contribution in [0.15, 0.2) is 72.8 Å². The first-order valence-electron chi connectivity index (χ1n) is 8.98. The fourth-order valence-corrected chi connectivity index (χ4v) is 2.94. The molecule has 29 heavy (non-hydrogen) atoms. The molecule has 1 amide bonds. The normalized spacial score (nSPS) is 10.2. The fraction of sp³-hybridized carbons (Fsp3) is 0.0870. The minimum absolute atomic E-state index is 0.0358. The van der Waals surface area contributed by atoms with Crippen LogP contribution in [0.3, 0.4) is 0 Å². The Morgan fingerprint density at radius 1 is 0.897 bits per heavy atom. The molecule has 0 aliphatic carbocycles. The summed E-state index contributed by atoms with van der Waals surface area (Å²) >= 11 is 0. The summed E-state index contributed by atoms with van der Waals surface area (Å²) in [5, 5.41) is 10.5. The Kier molecular flexibility index (Phi) is 6.04. The molecular formula is C23H21N3O3. The number of carbonyl (C=O) groups is 2. The molecule has 0 saturated carbocycles. The molecule has 6 heteroatoms. The number of carbonyl (C=O) groups excluding carboxylic acids is 2. The summed E-state index contributed by atoms with van der Waals surface area (Å²) in [5.74, 6) is -0.703. The molecule has 0 unspecified atom stereocenters. The number of nitrogen functional groups attached to an aromatic ring is 1. The summed E-state index contributed by atoms with van der Waals surface area (Å²) in [7, 11) is 1.32. The van der Waals surface area contributed by atoms with E-state index in [4.69, 9.17) is 15.9 Å². The highest BCUT2D eigenvalue weighted by Crippen LogP contribution is 2.24. The predicted octanol–water partition coefficient (Wildman–Crippen LogP) is 3.35. The van der Waals surface area contributed by atoms with Crippen LogP contribution in [-0.2, 0) is 11.3 Å². The highest BCUT2D eigenvalue weighted by Gasteiger charge is 2.12. The van der Waals surface area contributed by atoms with Gasteiger partial charge in [-0.15, -0.1) is 0 Å². The van der Waals surface area contributed by atoms with Crippen molar-refractivity contribution in [1.82, 2.24) is 5.32 Å². The third-order valence-corrected chi connectivity index (χ3v) is 4.41. The first kappa shape index (κ1) is 19.8. The van der Waals surface area contributed by atoms with Crippen molar-refractivity contribution in [3.8, 4) is 11.1 Å². The van der Waals surface area contributed by atoms with Crippen LogP contribution >= 0.6 is 0 Å². The Morgan fingerprint density at radius 2 is 1.59 bits per heavy atom. The number of esters is 1. The van der Waals surface area contributed by atoms with E-state index >= 15 is 0 Å². The second-order valence-corrected chi connectivity index (χ2v) is 6.45. The van der Waals surface area contributed by atoms with Gasteiger partial charge in [0.2, 0.25) is 0 Å². The minimum Gasteiger partial charge on any atom is -0.465 e. The lowest BCUT2D eigenvalue weighted by atomic mass is 9.98. The van der Waals surface area contributed by atoms with Gasteiger partial charge in [0, 0.05) is 17.7 Å². The van der Waals surface area contributed by atoms with Crippen molar-refractivity contribution in [1.29, 1.82) is 5.41 Å². The molecule has 0 aliphatic heterocycles. The lowest BCUT2D eigenvalue weighted by molar-refractivity contribution is 0.0600. The smallest absolute Gasteiger partial charge is 0.337 e. The van der Waals surface area contributed by atoms with E-state index in [0.717, 1.165) is 16.7 Å². The van der Waals surface area contributed by atoms with Crippen LogP contribution in [0.4, 0.5) is 0 Å². The van der Waals surface area contributed by atoms with E-state index in [1.54, 1.807) is 54.6 Å². The molecule has 0 radical (unpaired) electrons. The number of amidine groups is 1. The van der Waals surface area contributed by atoms with E-state index in [1.165, 1.54) is 7.11 Å². The van der Waals surface area contributed by atoms with Crippen LogP contribution < -0.4 is 11.1 Å². The van der Waals surface area contributed by atoms with Crippen molar-refractivity contribution in [3.63, 3.8) is 0 Å². The Balaban J connectivity index is 1.92. The maximum absolute atomic E-state index is 12.3. The molecule has 4 N–H and O–H groups in total. The Hall–Kier alpha value is -3.93. The van der Waals surface area contributed by atoms with Crippen molar-refractivity contribution in [3.05, 3.63) is 95.1 Å². The highest BCUT2D eigenvalue weighted by atomic mass is 16.5. The van der Waals surface area contributed by atoms with Crippen LogP contribution in [0.5, 0.6) is 0 Å². The van der Waals surface area contributed by atoms with Gasteiger partial charge in [-0.1, -0.05) is 36.4 Å². The summed E-state index contributed by atoms with van der Waals surface area (Å²) < 4.78 is 4.86. The zero-order valence-corrected chi connectivity index (χ0v) is 15.9. The zero-order valence-electron chi connectivity index (χ0n) is 15.9. The van der Waals surface area contributed by atoms with Gasteiger partial charge in [-0.3, -0.25) is 10.2 Å². The molecule has 146 valence electrons. The van der Waals surface area contributed by atoms with Crippen LogP contribution in [0.2, 0.25) is 0 Å². The minimum atomic E-state index is -0.467. The molecule has 0 saturated heterocycles. The monoisotopic (exact) mass is 387 g/mol. The SMILES string of the molecule is COC(=O)c1cc(CNC(=O)c2ccccc2)cc(-c2cccc(C(=N)N)c2)c1. The molecule has 3 aromatic rings. The number of rotatable bonds is 6. The third-order valence-electron chi connectivity index (χ3n) is 4.41. The molecule has 0 spiro atoms. The Bertz CT molecular complexity index is 1060. The lowest BCUT2D eigenvalue weighted by Gasteiger charge is -2.11. The largest absolute Gasteiger partial charge is 0.465 e. The quantitative estimate of drug-likeness (QED) is 0.343. The number of amides is 1. The van der Waals surface area contributed by atoms with Gasteiger partial charge in [0.1, 0.15) is 5.84 Å². The molecule has 0 atom stereocenters. The second kappa shape index (κ2) is 8.84. The molecule has 0 heterocycles. The first-order valence-corrected chi connectivity index (χ1v) is 8.98. The van der Waals surface area contributed by atoms with Crippen molar-refractivity contribution < 1.29 is 14.3 Å². The molecule has 0 aromatic heterocycles. The van der Waals surface area contributed by atoms with Crippen molar-refractivity contribution in [2.45, 2.75) is 6.54 Å². The van der Waals surface area contributed by atoms with E-state index in [9.17, 15) is 9.59 Å². The molecule has 0 bridgehead atoms. The summed E-state index contributed by atoms with van der Waals surface area (Å²) in [6.07, 6.45) is 0. The molecule has 3 rings (SSSR count). The number of nitrogens with one attached hydrogen (secondary N) is 2. The number of hydrogen-bond acceptors (Lipinski definition) is 4. The number of methoxy groups -OCH3 is 1. The highest BCUT2D eigenvalue weighted by molar-refractivity contribution is 5.97. The molecule has 3 aromatic carbocycles. The van der Waals surface area contributed by atoms with E-state index in [1.807, 2.05) is 18.2 Å². The van der Waals surface area contributed by atoms with Crippen molar-refractivity contribution in [2.75, 3.05) is 7.11 Å². The van der Waals surface area contributed by atoms with Gasteiger partial charge in [0.05, 0.1) is 12.7 Å². The molecule has 0 aliphatic rings. The van der Waals surface area contributed by atoms with Crippen molar-refractivity contribution >= 4 is 17.7 Å². The number of ether oxygens (including phenoxy) is 1. The molecular weight excluding hydrogens is 366 g/mol. The van der Waals surface area contributed by atoms with Gasteiger partial charge < -0.3 is 15.8 Å². The van der Waals surface area contributed by atoms with E-state index in [0.29, 0.717) is 16.7 Å². The summed E-state index contributed by atoms with van der Waals surface area (Å²) in [6.45, 7) is 0.248. The Labute approximate surface area is 168 Å². The topological polar surface area (TPSA) is 105 Å². The average Bonchev–Trinajstić information content (AvgIpc) is 2.77. The average molecular weight is 387 g/mol. The van der Waals surface area contributed by atoms with E-state index in [2.05, 4.69) is 5.32 Å². The lowest BCUT2D eigenvalue weighted by Crippen LogP contribution is -2.22. The van der Waals surface area contributed by atoms with E-state index < -0.39 is 5.97 Å². The van der Waals surface area contributed by atoms with Crippen LogP contribution in [-0.4, -0.2) is 24.8 Å². The molecule has 6 nitrogen and oxygen atoms in total. The van der Waals surface area contributed by atoms with Crippen LogP contribution in [0.25, 0.3) is 11.1 Å². The van der Waals surface area contributed by atoms with Crippen molar-refractivity contribution in [2.24, 2.45) is 5.73 Å². The van der Waals surface area contributed by atoms with Gasteiger partial charge in [-0.05, 0) is 53.1 Å². The van der Waals surface area contributed by atoms with E-state index in [-0.39, 0.29) is 18.3 Å². The Morgan fingerprint density at radius 3 is 2.28 bits per heavy atom. The maximum atomic E-state index is 12.3. The summed E-state index contributed by atoms with van der Waals surface area (Å²) in [5.41, 5.74) is 9.43. The summed E-state index contributed by atoms with van der Waals surface area (Å²) in [4.78, 5) is 24.4. The number of nitrogens with two attached hydrogens (primary N) is 1.